The van der Waals surface area contributed by atoms with Crippen LogP contribution in [0.3, 0.4) is 0 Å². The minimum atomic E-state index is -4.03. The molecule has 24 heavy (non-hydrogen) atoms. The molecule has 2 N–H and O–H groups in total. The summed E-state index contributed by atoms with van der Waals surface area (Å²) in [5.74, 6) is 0.140. The van der Waals surface area contributed by atoms with Gasteiger partial charge in [-0.15, -0.1) is 5.10 Å². The Morgan fingerprint density at radius 3 is 2.25 bits per heavy atom. The number of aromatic nitrogens is 3. The Hall–Kier alpha value is -1.25. The van der Waals surface area contributed by atoms with E-state index in [1.807, 2.05) is 12.1 Å². The van der Waals surface area contributed by atoms with Crippen molar-refractivity contribution in [1.29, 1.82) is 0 Å². The topological polar surface area (TPSA) is 100 Å². The number of hydrogen-bond acceptors (Lipinski definition) is 5. The number of hydrogen-bond donors (Lipinski definition) is 1. The highest BCUT2D eigenvalue weighted by atomic mass is 127. The van der Waals surface area contributed by atoms with Crippen LogP contribution in [0.15, 0.2) is 48.7 Å². The summed E-state index contributed by atoms with van der Waals surface area (Å²) in [6.45, 7) is 0. The normalized spacial score (nSPS) is 11.5. The molecule has 0 amide bonds. The summed E-state index contributed by atoms with van der Waals surface area (Å²) in [6, 6.07) is 12.5. The van der Waals surface area contributed by atoms with Crippen LogP contribution in [0, 0.1) is 7.14 Å². The number of benzene rings is 2. The van der Waals surface area contributed by atoms with Crippen LogP contribution >= 0.6 is 45.2 Å². The third-order valence-electron chi connectivity index (χ3n) is 2.97. The molecular weight excluding hydrogens is 558 g/mol. The summed E-state index contributed by atoms with van der Waals surface area (Å²) in [5.41, 5.74) is 2.36. The maximum Gasteiger partial charge on any atom is 0.380 e. The predicted molar refractivity (Wildman–Crippen MR) is 106 cm³/mol. The van der Waals surface area contributed by atoms with E-state index in [9.17, 15) is 8.42 Å². The van der Waals surface area contributed by atoms with E-state index in [-0.39, 0.29) is 5.75 Å². The maximum atomic E-state index is 10.9. The molecule has 0 radical (unpaired) electrons. The smallest absolute Gasteiger partial charge is 0.371 e. The van der Waals surface area contributed by atoms with Gasteiger partial charge in [0.05, 0.1) is 11.9 Å². The highest BCUT2D eigenvalue weighted by molar-refractivity contribution is 14.1. The first-order valence-corrected chi connectivity index (χ1v) is 10.1. The lowest BCUT2D eigenvalue weighted by atomic mass is 10.2. The summed E-state index contributed by atoms with van der Waals surface area (Å²) in [5, 5.41) is 13.1. The molecule has 0 bridgehead atoms. The highest BCUT2D eigenvalue weighted by Crippen LogP contribution is 2.23. The van der Waals surface area contributed by atoms with Gasteiger partial charge in [0, 0.05) is 12.7 Å². The first-order chi connectivity index (χ1) is 11.3. The maximum absolute atomic E-state index is 10.9. The Morgan fingerprint density at radius 2 is 1.67 bits per heavy atom. The van der Waals surface area contributed by atoms with Crippen molar-refractivity contribution in [2.24, 2.45) is 5.14 Å². The Morgan fingerprint density at radius 1 is 1.04 bits per heavy atom. The SMILES string of the molecule is NS(=O)(=O)Oc1ccc(-c2cn(-c3cc(I)cc(I)c3)nn2)cc1. The summed E-state index contributed by atoms with van der Waals surface area (Å²) in [7, 11) is -4.03. The molecule has 0 spiro atoms. The third-order valence-corrected chi connectivity index (χ3v) is 4.64. The lowest BCUT2D eigenvalue weighted by Gasteiger charge is -2.03. The molecule has 0 saturated heterocycles. The number of halogens is 2. The molecule has 0 unspecified atom stereocenters. The predicted octanol–water partition coefficient (Wildman–Crippen LogP) is 2.73. The summed E-state index contributed by atoms with van der Waals surface area (Å²) in [6.07, 6.45) is 1.80. The molecule has 10 heteroatoms. The van der Waals surface area contributed by atoms with Crippen LogP contribution in [0.2, 0.25) is 0 Å². The fourth-order valence-corrected chi connectivity index (χ4v) is 4.29. The Balaban J connectivity index is 1.88. The van der Waals surface area contributed by atoms with Gasteiger partial charge >= 0.3 is 10.3 Å². The second-order valence-electron chi connectivity index (χ2n) is 4.78. The van der Waals surface area contributed by atoms with Gasteiger partial charge in [-0.25, -0.2) is 4.68 Å². The van der Waals surface area contributed by atoms with Gasteiger partial charge in [0.25, 0.3) is 0 Å². The molecule has 2 aromatic carbocycles. The van der Waals surface area contributed by atoms with Gasteiger partial charge in [0.15, 0.2) is 0 Å². The lowest BCUT2D eigenvalue weighted by Crippen LogP contribution is -2.18. The molecule has 3 rings (SSSR count). The van der Waals surface area contributed by atoms with Gasteiger partial charge in [-0.2, -0.15) is 13.6 Å². The molecule has 0 aliphatic carbocycles. The van der Waals surface area contributed by atoms with Crippen LogP contribution in [-0.2, 0) is 10.3 Å². The average molecular weight is 568 g/mol. The molecule has 124 valence electrons. The number of rotatable bonds is 4. The Kier molecular flexibility index (Phi) is 5.08. The first kappa shape index (κ1) is 17.6. The van der Waals surface area contributed by atoms with E-state index in [2.05, 4.69) is 65.7 Å². The van der Waals surface area contributed by atoms with E-state index < -0.39 is 10.3 Å². The molecule has 0 atom stereocenters. The quantitative estimate of drug-likeness (QED) is 0.489. The molecule has 0 saturated carbocycles. The minimum Gasteiger partial charge on any atom is -0.371 e. The second-order valence-corrected chi connectivity index (χ2v) is 8.42. The minimum absolute atomic E-state index is 0.140. The highest BCUT2D eigenvalue weighted by Gasteiger charge is 2.09. The standard InChI is InChI=1S/C14H10I2N4O3S/c15-10-5-11(16)7-12(6-10)20-8-14(18-19-20)9-1-3-13(4-2-9)23-24(17,21)22/h1-8H,(H2,17,21,22). The van der Waals surface area contributed by atoms with Crippen molar-refractivity contribution in [3.8, 4) is 22.7 Å². The molecule has 1 heterocycles. The zero-order valence-electron chi connectivity index (χ0n) is 11.9. The average Bonchev–Trinajstić information content (AvgIpc) is 2.95. The van der Waals surface area contributed by atoms with Crippen molar-refractivity contribution < 1.29 is 12.6 Å². The largest absolute Gasteiger partial charge is 0.380 e. The Labute approximate surface area is 165 Å². The van der Waals surface area contributed by atoms with Gasteiger partial charge in [0.2, 0.25) is 0 Å². The van der Waals surface area contributed by atoms with Gasteiger partial charge in [0.1, 0.15) is 11.4 Å². The van der Waals surface area contributed by atoms with E-state index in [0.29, 0.717) is 5.69 Å². The zero-order valence-corrected chi connectivity index (χ0v) is 17.1. The summed E-state index contributed by atoms with van der Waals surface area (Å²) in [4.78, 5) is 0. The van der Waals surface area contributed by atoms with Crippen molar-refractivity contribution in [2.75, 3.05) is 0 Å². The monoisotopic (exact) mass is 568 g/mol. The molecule has 0 fully saturated rings. The summed E-state index contributed by atoms with van der Waals surface area (Å²) >= 11 is 4.50. The van der Waals surface area contributed by atoms with Crippen LogP contribution in [0.1, 0.15) is 0 Å². The second kappa shape index (κ2) is 6.93. The van der Waals surface area contributed by atoms with Crippen molar-refractivity contribution in [1.82, 2.24) is 15.0 Å². The van der Waals surface area contributed by atoms with E-state index in [0.717, 1.165) is 18.4 Å². The van der Waals surface area contributed by atoms with Crippen molar-refractivity contribution >= 4 is 55.5 Å². The molecule has 0 aliphatic heterocycles. The Bertz CT molecular complexity index is 967. The first-order valence-electron chi connectivity index (χ1n) is 6.52. The lowest BCUT2D eigenvalue weighted by molar-refractivity contribution is 0.488. The van der Waals surface area contributed by atoms with Crippen molar-refractivity contribution in [3.05, 3.63) is 55.8 Å². The van der Waals surface area contributed by atoms with Crippen molar-refractivity contribution in [2.45, 2.75) is 0 Å². The fourth-order valence-electron chi connectivity index (χ4n) is 2.01. The van der Waals surface area contributed by atoms with E-state index in [4.69, 9.17) is 5.14 Å². The molecule has 3 aromatic rings. The van der Waals surface area contributed by atoms with Gasteiger partial charge in [-0.3, -0.25) is 0 Å². The van der Waals surface area contributed by atoms with Crippen LogP contribution in [0.5, 0.6) is 5.75 Å². The van der Waals surface area contributed by atoms with Crippen LogP contribution in [-0.4, -0.2) is 23.4 Å². The van der Waals surface area contributed by atoms with Crippen molar-refractivity contribution in [3.63, 3.8) is 0 Å². The van der Waals surface area contributed by atoms with Gasteiger partial charge in [-0.1, -0.05) is 5.21 Å². The van der Waals surface area contributed by atoms with Gasteiger partial charge in [-0.05, 0) is 87.6 Å². The molecule has 1 aromatic heterocycles. The molecular formula is C14H10I2N4O3S. The number of nitrogens with zero attached hydrogens (tertiary/aromatic N) is 3. The van der Waals surface area contributed by atoms with Crippen LogP contribution in [0.4, 0.5) is 0 Å². The van der Waals surface area contributed by atoms with E-state index in [1.54, 1.807) is 23.0 Å². The van der Waals surface area contributed by atoms with E-state index in [1.165, 1.54) is 12.1 Å². The van der Waals surface area contributed by atoms with Crippen LogP contribution in [0.25, 0.3) is 16.9 Å². The fraction of sp³-hybridized carbons (Fsp3) is 0. The molecule has 7 nitrogen and oxygen atoms in total. The third kappa shape index (κ3) is 4.43. The summed E-state index contributed by atoms with van der Waals surface area (Å²) < 4.78 is 30.3. The van der Waals surface area contributed by atoms with Gasteiger partial charge < -0.3 is 4.18 Å². The number of nitrogens with two attached hydrogens (primary N) is 1. The van der Waals surface area contributed by atoms with Crippen LogP contribution < -0.4 is 9.32 Å². The zero-order chi connectivity index (χ0) is 17.3. The van der Waals surface area contributed by atoms with E-state index >= 15 is 0 Å². The molecule has 0 aliphatic rings.